The number of aromatic nitrogens is 2. The second-order valence-electron chi connectivity index (χ2n) is 7.49. The standard InChI is InChI=1S/C24H28ClN3O2/c1-4-6-9-16-28(23(29)17-12-14-18(25)15-13-17)21(5-2)22-26-20-11-8-7-10-19(20)24(30)27(22)3/h7-8,10-15,21H,4-6,9,16H2,1-3H3. The monoisotopic (exact) mass is 425 g/mol. The largest absolute Gasteiger partial charge is 0.328 e. The minimum Gasteiger partial charge on any atom is -0.328 e. The van der Waals surface area contributed by atoms with Crippen molar-refractivity contribution in [2.24, 2.45) is 7.05 Å². The fourth-order valence-electron chi connectivity index (χ4n) is 3.76. The minimum absolute atomic E-state index is 0.0722. The Morgan fingerprint density at radius 1 is 1.10 bits per heavy atom. The van der Waals surface area contributed by atoms with E-state index in [1.54, 1.807) is 41.9 Å². The van der Waals surface area contributed by atoms with Crippen LogP contribution in [0.25, 0.3) is 10.9 Å². The van der Waals surface area contributed by atoms with Gasteiger partial charge in [0.25, 0.3) is 11.5 Å². The normalized spacial score (nSPS) is 12.1. The lowest BCUT2D eigenvalue weighted by Crippen LogP contribution is -2.39. The van der Waals surface area contributed by atoms with Crippen LogP contribution in [0.4, 0.5) is 0 Å². The van der Waals surface area contributed by atoms with Gasteiger partial charge in [-0.3, -0.25) is 14.2 Å². The van der Waals surface area contributed by atoms with Crippen molar-refractivity contribution < 1.29 is 4.79 Å². The molecule has 0 spiro atoms. The number of rotatable bonds is 8. The van der Waals surface area contributed by atoms with Gasteiger partial charge in [-0.15, -0.1) is 0 Å². The molecule has 30 heavy (non-hydrogen) atoms. The van der Waals surface area contributed by atoms with E-state index in [1.165, 1.54) is 0 Å². The first-order valence-corrected chi connectivity index (χ1v) is 10.9. The third-order valence-electron chi connectivity index (χ3n) is 5.43. The number of fused-ring (bicyclic) bond motifs is 1. The number of benzene rings is 2. The molecule has 1 atom stereocenters. The summed E-state index contributed by atoms with van der Waals surface area (Å²) in [5.41, 5.74) is 1.14. The molecule has 0 saturated heterocycles. The fraction of sp³-hybridized carbons (Fsp3) is 0.375. The third kappa shape index (κ3) is 4.57. The highest BCUT2D eigenvalue weighted by atomic mass is 35.5. The van der Waals surface area contributed by atoms with E-state index in [9.17, 15) is 9.59 Å². The number of hydrogen-bond acceptors (Lipinski definition) is 3. The van der Waals surface area contributed by atoms with Gasteiger partial charge in [0.1, 0.15) is 5.82 Å². The zero-order valence-electron chi connectivity index (χ0n) is 17.8. The summed E-state index contributed by atoms with van der Waals surface area (Å²) >= 11 is 6.00. The number of nitrogens with zero attached hydrogens (tertiary/aromatic N) is 3. The van der Waals surface area contributed by atoms with E-state index in [1.807, 2.05) is 30.0 Å². The highest BCUT2D eigenvalue weighted by Crippen LogP contribution is 2.26. The average molecular weight is 426 g/mol. The Hall–Kier alpha value is -2.66. The first-order chi connectivity index (χ1) is 14.5. The van der Waals surface area contributed by atoms with Crippen LogP contribution in [0.1, 0.15) is 61.8 Å². The molecule has 0 aliphatic heterocycles. The number of unbranched alkanes of at least 4 members (excludes halogenated alkanes) is 2. The molecule has 0 fully saturated rings. The summed E-state index contributed by atoms with van der Waals surface area (Å²) in [6.45, 7) is 4.77. The van der Waals surface area contributed by atoms with E-state index < -0.39 is 0 Å². The Labute approximate surface area is 182 Å². The van der Waals surface area contributed by atoms with Gasteiger partial charge in [-0.05, 0) is 49.2 Å². The van der Waals surface area contributed by atoms with Gasteiger partial charge < -0.3 is 4.90 Å². The van der Waals surface area contributed by atoms with Gasteiger partial charge in [-0.25, -0.2) is 4.98 Å². The Bertz CT molecular complexity index is 1080. The molecular formula is C24H28ClN3O2. The maximum Gasteiger partial charge on any atom is 0.261 e. The van der Waals surface area contributed by atoms with Gasteiger partial charge in [0.15, 0.2) is 0 Å². The van der Waals surface area contributed by atoms with Crippen LogP contribution in [0.3, 0.4) is 0 Å². The Morgan fingerprint density at radius 3 is 2.47 bits per heavy atom. The second-order valence-corrected chi connectivity index (χ2v) is 7.92. The molecule has 1 aromatic heterocycles. The van der Waals surface area contributed by atoms with Crippen molar-refractivity contribution in [3.63, 3.8) is 0 Å². The molecule has 5 nitrogen and oxygen atoms in total. The van der Waals surface area contributed by atoms with Gasteiger partial charge in [-0.2, -0.15) is 0 Å². The van der Waals surface area contributed by atoms with Crippen molar-refractivity contribution in [2.45, 2.75) is 45.6 Å². The Morgan fingerprint density at radius 2 is 1.80 bits per heavy atom. The SMILES string of the molecule is CCCCCN(C(=O)c1ccc(Cl)cc1)C(CC)c1nc2ccccc2c(=O)n1C. The Kier molecular flexibility index (Phi) is 7.27. The summed E-state index contributed by atoms with van der Waals surface area (Å²) in [5, 5.41) is 1.18. The lowest BCUT2D eigenvalue weighted by molar-refractivity contribution is 0.0653. The summed E-state index contributed by atoms with van der Waals surface area (Å²) in [6.07, 6.45) is 3.65. The molecule has 158 valence electrons. The summed E-state index contributed by atoms with van der Waals surface area (Å²) < 4.78 is 1.58. The minimum atomic E-state index is -0.299. The van der Waals surface area contributed by atoms with E-state index in [0.717, 1.165) is 19.3 Å². The van der Waals surface area contributed by atoms with Crippen LogP contribution in [0, 0.1) is 0 Å². The molecule has 0 saturated carbocycles. The molecule has 3 aromatic rings. The zero-order valence-corrected chi connectivity index (χ0v) is 18.5. The first-order valence-electron chi connectivity index (χ1n) is 10.5. The Balaban J connectivity index is 2.07. The quantitative estimate of drug-likeness (QED) is 0.456. The van der Waals surface area contributed by atoms with Gasteiger partial charge in [0, 0.05) is 24.2 Å². The van der Waals surface area contributed by atoms with Crippen LogP contribution in [-0.2, 0) is 7.05 Å². The number of carbonyl (C=O) groups is 1. The zero-order chi connectivity index (χ0) is 21.7. The predicted octanol–water partition coefficient (Wildman–Crippen LogP) is 5.37. The topological polar surface area (TPSA) is 55.2 Å². The van der Waals surface area contributed by atoms with E-state index in [4.69, 9.17) is 16.6 Å². The van der Waals surface area contributed by atoms with E-state index >= 15 is 0 Å². The molecule has 0 N–H and O–H groups in total. The number of para-hydroxylation sites is 1. The number of halogens is 1. The average Bonchev–Trinajstić information content (AvgIpc) is 2.76. The predicted molar refractivity (Wildman–Crippen MR) is 122 cm³/mol. The highest BCUT2D eigenvalue weighted by Gasteiger charge is 2.28. The molecule has 0 radical (unpaired) electrons. The van der Waals surface area contributed by atoms with Crippen molar-refractivity contribution in [3.8, 4) is 0 Å². The lowest BCUT2D eigenvalue weighted by Gasteiger charge is -2.32. The molecule has 0 aliphatic rings. The molecule has 0 bridgehead atoms. The van der Waals surface area contributed by atoms with Crippen LogP contribution in [0.5, 0.6) is 0 Å². The van der Waals surface area contributed by atoms with Crippen LogP contribution in [0.2, 0.25) is 5.02 Å². The summed E-state index contributed by atoms with van der Waals surface area (Å²) in [5.74, 6) is 0.539. The summed E-state index contributed by atoms with van der Waals surface area (Å²) in [4.78, 5) is 33.0. The molecule has 1 heterocycles. The van der Waals surface area contributed by atoms with Crippen LogP contribution in [0.15, 0.2) is 53.3 Å². The van der Waals surface area contributed by atoms with Gasteiger partial charge >= 0.3 is 0 Å². The van der Waals surface area contributed by atoms with Crippen LogP contribution in [-0.4, -0.2) is 26.9 Å². The van der Waals surface area contributed by atoms with Crippen molar-refractivity contribution in [1.29, 1.82) is 0 Å². The first kappa shape index (κ1) is 22.0. The molecular weight excluding hydrogens is 398 g/mol. The summed E-state index contributed by atoms with van der Waals surface area (Å²) in [6, 6.07) is 14.0. The maximum absolute atomic E-state index is 13.5. The van der Waals surface area contributed by atoms with Gasteiger partial charge in [0.2, 0.25) is 0 Å². The molecule has 3 rings (SSSR count). The van der Waals surface area contributed by atoms with Gasteiger partial charge in [0.05, 0.1) is 16.9 Å². The fourth-order valence-corrected chi connectivity index (χ4v) is 3.89. The van der Waals surface area contributed by atoms with Crippen molar-refractivity contribution in [3.05, 3.63) is 75.3 Å². The molecule has 1 amide bonds. The maximum atomic E-state index is 13.5. The lowest BCUT2D eigenvalue weighted by atomic mass is 10.1. The number of carbonyl (C=O) groups excluding carboxylic acids is 1. The smallest absolute Gasteiger partial charge is 0.261 e. The second kappa shape index (κ2) is 9.90. The van der Waals surface area contributed by atoms with E-state index in [0.29, 0.717) is 40.3 Å². The molecule has 6 heteroatoms. The summed E-state index contributed by atoms with van der Waals surface area (Å²) in [7, 11) is 1.73. The van der Waals surface area contributed by atoms with Crippen molar-refractivity contribution in [2.75, 3.05) is 6.54 Å². The molecule has 0 aliphatic carbocycles. The number of hydrogen-bond donors (Lipinski definition) is 0. The van der Waals surface area contributed by atoms with Gasteiger partial charge in [-0.1, -0.05) is 50.4 Å². The van der Waals surface area contributed by atoms with E-state index in [-0.39, 0.29) is 17.5 Å². The molecule has 2 aromatic carbocycles. The number of amides is 1. The van der Waals surface area contributed by atoms with Crippen LogP contribution >= 0.6 is 11.6 Å². The highest BCUT2D eigenvalue weighted by molar-refractivity contribution is 6.30. The third-order valence-corrected chi connectivity index (χ3v) is 5.69. The van der Waals surface area contributed by atoms with Crippen molar-refractivity contribution in [1.82, 2.24) is 14.5 Å². The van der Waals surface area contributed by atoms with Crippen molar-refractivity contribution >= 4 is 28.4 Å². The molecule has 1 unspecified atom stereocenters. The van der Waals surface area contributed by atoms with E-state index in [2.05, 4.69) is 6.92 Å². The van der Waals surface area contributed by atoms with Crippen LogP contribution < -0.4 is 5.56 Å².